The standard InChI is InChI=1S/C10H8F2N4/c11-8-2-1-7(3-9(8)12)16-10-14-4-6(13)5-15-10/h1-5H,13H2,(H,14,15,16). The molecule has 3 N–H and O–H groups in total. The van der Waals surface area contributed by atoms with Crippen LogP contribution in [-0.4, -0.2) is 9.97 Å². The van der Waals surface area contributed by atoms with Crippen molar-refractivity contribution in [2.45, 2.75) is 0 Å². The lowest BCUT2D eigenvalue weighted by Crippen LogP contribution is -1.98. The molecular formula is C10H8F2N4. The van der Waals surface area contributed by atoms with E-state index in [1.165, 1.54) is 18.5 Å². The Morgan fingerprint density at radius 3 is 2.38 bits per heavy atom. The molecule has 6 heteroatoms. The number of anilines is 3. The molecule has 2 rings (SSSR count). The highest BCUT2D eigenvalue weighted by molar-refractivity contribution is 5.53. The fourth-order valence-corrected chi connectivity index (χ4v) is 1.11. The molecule has 0 bridgehead atoms. The summed E-state index contributed by atoms with van der Waals surface area (Å²) in [6, 6.07) is 3.43. The maximum absolute atomic E-state index is 12.9. The zero-order chi connectivity index (χ0) is 11.5. The van der Waals surface area contributed by atoms with Crippen LogP contribution in [0.25, 0.3) is 0 Å². The molecule has 0 unspecified atom stereocenters. The predicted molar refractivity (Wildman–Crippen MR) is 56.1 cm³/mol. The van der Waals surface area contributed by atoms with E-state index in [2.05, 4.69) is 15.3 Å². The Balaban J connectivity index is 2.20. The number of benzene rings is 1. The Labute approximate surface area is 90.1 Å². The van der Waals surface area contributed by atoms with Gasteiger partial charge in [-0.05, 0) is 12.1 Å². The largest absolute Gasteiger partial charge is 0.396 e. The second kappa shape index (κ2) is 4.09. The lowest BCUT2D eigenvalue weighted by molar-refractivity contribution is 0.509. The molecule has 0 aliphatic rings. The second-order valence-electron chi connectivity index (χ2n) is 3.09. The lowest BCUT2D eigenvalue weighted by Gasteiger charge is -2.04. The molecule has 1 aromatic carbocycles. The number of hydrogen-bond acceptors (Lipinski definition) is 4. The Bertz CT molecular complexity index is 499. The zero-order valence-corrected chi connectivity index (χ0v) is 8.11. The Morgan fingerprint density at radius 1 is 1.06 bits per heavy atom. The molecule has 82 valence electrons. The van der Waals surface area contributed by atoms with Gasteiger partial charge in [-0.15, -0.1) is 0 Å². The third kappa shape index (κ3) is 2.22. The van der Waals surface area contributed by atoms with E-state index in [1.807, 2.05) is 0 Å². The molecule has 0 aliphatic heterocycles. The summed E-state index contributed by atoms with van der Waals surface area (Å²) in [5.74, 6) is -1.57. The van der Waals surface area contributed by atoms with Crippen molar-refractivity contribution in [1.82, 2.24) is 9.97 Å². The Kier molecular flexibility index (Phi) is 2.63. The molecule has 0 saturated heterocycles. The normalized spacial score (nSPS) is 10.1. The summed E-state index contributed by atoms with van der Waals surface area (Å²) in [6.07, 6.45) is 2.82. The van der Waals surface area contributed by atoms with Gasteiger partial charge in [-0.25, -0.2) is 18.7 Å². The Hall–Kier alpha value is -2.24. The summed E-state index contributed by atoms with van der Waals surface area (Å²) >= 11 is 0. The van der Waals surface area contributed by atoms with Crippen LogP contribution in [0.5, 0.6) is 0 Å². The minimum absolute atomic E-state index is 0.264. The summed E-state index contributed by atoms with van der Waals surface area (Å²) in [5.41, 5.74) is 6.19. The maximum Gasteiger partial charge on any atom is 0.227 e. The minimum atomic E-state index is -0.930. The highest BCUT2D eigenvalue weighted by Crippen LogP contribution is 2.16. The third-order valence-corrected chi connectivity index (χ3v) is 1.85. The number of nitrogens with zero attached hydrogens (tertiary/aromatic N) is 2. The fraction of sp³-hybridized carbons (Fsp3) is 0. The first kappa shape index (κ1) is 10.3. The van der Waals surface area contributed by atoms with Gasteiger partial charge >= 0.3 is 0 Å². The number of nitrogens with two attached hydrogens (primary N) is 1. The van der Waals surface area contributed by atoms with Crippen molar-refractivity contribution in [1.29, 1.82) is 0 Å². The first-order valence-electron chi connectivity index (χ1n) is 4.45. The van der Waals surface area contributed by atoms with Crippen LogP contribution in [0.3, 0.4) is 0 Å². The van der Waals surface area contributed by atoms with Gasteiger partial charge in [0.2, 0.25) is 5.95 Å². The second-order valence-corrected chi connectivity index (χ2v) is 3.09. The van der Waals surface area contributed by atoms with E-state index >= 15 is 0 Å². The van der Waals surface area contributed by atoms with E-state index in [0.29, 0.717) is 11.4 Å². The summed E-state index contributed by atoms with van der Waals surface area (Å²) in [4.78, 5) is 7.72. The van der Waals surface area contributed by atoms with Crippen molar-refractivity contribution in [3.05, 3.63) is 42.2 Å². The molecule has 0 amide bonds. The van der Waals surface area contributed by atoms with Gasteiger partial charge in [0, 0.05) is 11.8 Å². The maximum atomic E-state index is 12.9. The molecule has 0 atom stereocenters. The quantitative estimate of drug-likeness (QED) is 0.816. The van der Waals surface area contributed by atoms with E-state index in [9.17, 15) is 8.78 Å². The van der Waals surface area contributed by atoms with E-state index in [0.717, 1.165) is 12.1 Å². The van der Waals surface area contributed by atoms with Gasteiger partial charge in [0.25, 0.3) is 0 Å². The molecule has 0 spiro atoms. The van der Waals surface area contributed by atoms with Crippen molar-refractivity contribution in [2.75, 3.05) is 11.1 Å². The Morgan fingerprint density at radius 2 is 1.75 bits per heavy atom. The van der Waals surface area contributed by atoms with Crippen molar-refractivity contribution < 1.29 is 8.78 Å². The molecule has 0 fully saturated rings. The summed E-state index contributed by atoms with van der Waals surface area (Å²) in [7, 11) is 0. The number of nitrogens with one attached hydrogen (secondary N) is 1. The predicted octanol–water partition coefficient (Wildman–Crippen LogP) is 2.08. The first-order valence-corrected chi connectivity index (χ1v) is 4.45. The van der Waals surface area contributed by atoms with Crippen molar-refractivity contribution in [3.8, 4) is 0 Å². The van der Waals surface area contributed by atoms with Crippen LogP contribution in [0.1, 0.15) is 0 Å². The highest BCUT2D eigenvalue weighted by Gasteiger charge is 2.03. The van der Waals surface area contributed by atoms with Crippen molar-refractivity contribution in [3.63, 3.8) is 0 Å². The van der Waals surface area contributed by atoms with Gasteiger partial charge in [-0.1, -0.05) is 0 Å². The summed E-state index contributed by atoms with van der Waals surface area (Å²) < 4.78 is 25.5. The average Bonchev–Trinajstić information content (AvgIpc) is 2.27. The topological polar surface area (TPSA) is 63.8 Å². The van der Waals surface area contributed by atoms with Crippen molar-refractivity contribution in [2.24, 2.45) is 0 Å². The molecule has 1 heterocycles. The molecule has 0 radical (unpaired) electrons. The van der Waals surface area contributed by atoms with Crippen LogP contribution >= 0.6 is 0 Å². The summed E-state index contributed by atoms with van der Waals surface area (Å²) in [6.45, 7) is 0. The fourth-order valence-electron chi connectivity index (χ4n) is 1.11. The molecular weight excluding hydrogens is 214 g/mol. The van der Waals surface area contributed by atoms with Gasteiger partial charge in [0.1, 0.15) is 0 Å². The van der Waals surface area contributed by atoms with Gasteiger partial charge in [-0.2, -0.15) is 0 Å². The first-order chi connectivity index (χ1) is 7.65. The SMILES string of the molecule is Nc1cnc(Nc2ccc(F)c(F)c2)nc1. The monoisotopic (exact) mass is 222 g/mol. The average molecular weight is 222 g/mol. The zero-order valence-electron chi connectivity index (χ0n) is 8.11. The summed E-state index contributed by atoms with van der Waals surface area (Å²) in [5, 5.41) is 2.71. The van der Waals surface area contributed by atoms with Gasteiger partial charge < -0.3 is 11.1 Å². The van der Waals surface area contributed by atoms with Crippen LogP contribution in [0, 0.1) is 11.6 Å². The number of rotatable bonds is 2. The molecule has 16 heavy (non-hydrogen) atoms. The van der Waals surface area contributed by atoms with E-state index in [4.69, 9.17) is 5.73 Å². The van der Waals surface area contributed by atoms with Crippen LogP contribution in [-0.2, 0) is 0 Å². The van der Waals surface area contributed by atoms with Gasteiger partial charge in [-0.3, -0.25) is 0 Å². The van der Waals surface area contributed by atoms with Crippen LogP contribution in [0.4, 0.5) is 26.1 Å². The van der Waals surface area contributed by atoms with Gasteiger partial charge in [0.05, 0.1) is 18.1 Å². The number of aromatic nitrogens is 2. The smallest absolute Gasteiger partial charge is 0.227 e. The van der Waals surface area contributed by atoms with E-state index in [-0.39, 0.29) is 5.95 Å². The molecule has 0 aliphatic carbocycles. The number of hydrogen-bond donors (Lipinski definition) is 2. The van der Waals surface area contributed by atoms with E-state index in [1.54, 1.807) is 0 Å². The van der Waals surface area contributed by atoms with Crippen LogP contribution in [0.15, 0.2) is 30.6 Å². The van der Waals surface area contributed by atoms with E-state index < -0.39 is 11.6 Å². The number of nitrogen functional groups attached to an aromatic ring is 1. The lowest BCUT2D eigenvalue weighted by atomic mass is 10.3. The van der Waals surface area contributed by atoms with Gasteiger partial charge in [0.15, 0.2) is 11.6 Å². The van der Waals surface area contributed by atoms with Crippen molar-refractivity contribution >= 4 is 17.3 Å². The molecule has 2 aromatic rings. The minimum Gasteiger partial charge on any atom is -0.396 e. The molecule has 1 aromatic heterocycles. The molecule has 4 nitrogen and oxygen atoms in total. The number of halogens is 2. The third-order valence-electron chi connectivity index (χ3n) is 1.85. The van der Waals surface area contributed by atoms with Crippen LogP contribution in [0.2, 0.25) is 0 Å². The molecule has 0 saturated carbocycles. The van der Waals surface area contributed by atoms with Crippen LogP contribution < -0.4 is 11.1 Å². The highest BCUT2D eigenvalue weighted by atomic mass is 19.2.